The van der Waals surface area contributed by atoms with Gasteiger partial charge in [-0.2, -0.15) is 13.2 Å². The summed E-state index contributed by atoms with van der Waals surface area (Å²) in [5, 5.41) is 3.25. The molecular formula is C11H15F3N2S. The Hall–Kier alpha value is -0.590. The molecule has 0 aromatic carbocycles. The Balaban J connectivity index is 1.96. The number of hydrogen-bond donors (Lipinski definition) is 1. The van der Waals surface area contributed by atoms with E-state index in [9.17, 15) is 13.2 Å². The molecule has 17 heavy (non-hydrogen) atoms. The minimum absolute atomic E-state index is 0.437. The second-order valence-electron chi connectivity index (χ2n) is 4.33. The van der Waals surface area contributed by atoms with Gasteiger partial charge in [0.2, 0.25) is 0 Å². The van der Waals surface area contributed by atoms with Crippen molar-refractivity contribution in [3.05, 3.63) is 21.9 Å². The van der Waals surface area contributed by atoms with E-state index >= 15 is 0 Å². The van der Waals surface area contributed by atoms with Crippen molar-refractivity contribution in [1.29, 1.82) is 0 Å². The first kappa shape index (κ1) is 12.9. The van der Waals surface area contributed by atoms with Gasteiger partial charge in [0.25, 0.3) is 0 Å². The van der Waals surface area contributed by atoms with Crippen LogP contribution in [-0.2, 0) is 12.7 Å². The Morgan fingerprint density at radius 1 is 1.47 bits per heavy atom. The molecule has 2 heterocycles. The van der Waals surface area contributed by atoms with Crippen molar-refractivity contribution < 1.29 is 13.2 Å². The lowest BCUT2D eigenvalue weighted by molar-refractivity contribution is -0.134. The summed E-state index contributed by atoms with van der Waals surface area (Å²) in [4.78, 5) is 2.38. The molecule has 0 saturated carbocycles. The zero-order valence-corrected chi connectivity index (χ0v) is 10.4. The average molecular weight is 264 g/mol. The molecule has 0 amide bonds. The molecule has 1 saturated heterocycles. The van der Waals surface area contributed by atoms with Crippen LogP contribution in [0.1, 0.15) is 16.2 Å². The standard InChI is InChI=1S/C11H15F3N2S/c1-16(8-4-5-15-6-8)7-9-2-3-10(17-9)11(12,13)14/h2-3,8,15H,4-7H2,1H3. The summed E-state index contributed by atoms with van der Waals surface area (Å²) < 4.78 is 37.3. The number of hydrogen-bond acceptors (Lipinski definition) is 3. The fraction of sp³-hybridized carbons (Fsp3) is 0.636. The van der Waals surface area contributed by atoms with Crippen molar-refractivity contribution in [1.82, 2.24) is 10.2 Å². The zero-order chi connectivity index (χ0) is 12.5. The van der Waals surface area contributed by atoms with Gasteiger partial charge >= 0.3 is 6.18 Å². The highest BCUT2D eigenvalue weighted by atomic mass is 32.1. The van der Waals surface area contributed by atoms with E-state index in [0.717, 1.165) is 35.7 Å². The molecule has 1 atom stereocenters. The van der Waals surface area contributed by atoms with Gasteiger partial charge < -0.3 is 5.32 Å². The maximum atomic E-state index is 12.4. The van der Waals surface area contributed by atoms with Crippen molar-refractivity contribution in [3.8, 4) is 0 Å². The maximum Gasteiger partial charge on any atom is 0.425 e. The van der Waals surface area contributed by atoms with Gasteiger partial charge in [-0.15, -0.1) is 11.3 Å². The zero-order valence-electron chi connectivity index (χ0n) is 9.55. The molecule has 1 aromatic rings. The third kappa shape index (κ3) is 3.20. The highest BCUT2D eigenvalue weighted by Gasteiger charge is 2.32. The number of rotatable bonds is 3. The largest absolute Gasteiger partial charge is 0.425 e. The van der Waals surface area contributed by atoms with Crippen LogP contribution in [0.15, 0.2) is 12.1 Å². The minimum atomic E-state index is -4.21. The fourth-order valence-electron chi connectivity index (χ4n) is 2.01. The second kappa shape index (κ2) is 4.96. The molecule has 1 unspecified atom stereocenters. The monoisotopic (exact) mass is 264 g/mol. The summed E-state index contributed by atoms with van der Waals surface area (Å²) in [6.07, 6.45) is -3.15. The molecule has 0 radical (unpaired) electrons. The minimum Gasteiger partial charge on any atom is -0.315 e. The molecular weight excluding hydrogens is 249 g/mol. The quantitative estimate of drug-likeness (QED) is 0.902. The van der Waals surface area contributed by atoms with Gasteiger partial charge in [-0.25, -0.2) is 0 Å². The molecule has 0 spiro atoms. The smallest absolute Gasteiger partial charge is 0.315 e. The molecule has 2 nitrogen and oxygen atoms in total. The van der Waals surface area contributed by atoms with Gasteiger partial charge in [0.1, 0.15) is 4.88 Å². The van der Waals surface area contributed by atoms with Gasteiger partial charge in [0, 0.05) is 24.0 Å². The van der Waals surface area contributed by atoms with Crippen molar-refractivity contribution in [2.45, 2.75) is 25.2 Å². The number of likely N-dealkylation sites (N-methyl/N-ethyl adjacent to an activating group) is 1. The van der Waals surface area contributed by atoms with Crippen LogP contribution in [0.4, 0.5) is 13.2 Å². The van der Waals surface area contributed by atoms with E-state index in [4.69, 9.17) is 0 Å². The van der Waals surface area contributed by atoms with Crippen LogP contribution >= 0.6 is 11.3 Å². The Morgan fingerprint density at radius 3 is 2.76 bits per heavy atom. The number of nitrogens with zero attached hydrogens (tertiary/aromatic N) is 1. The molecule has 96 valence electrons. The summed E-state index contributed by atoms with van der Waals surface area (Å²) in [5.41, 5.74) is 0. The lowest BCUT2D eigenvalue weighted by Crippen LogP contribution is -2.32. The van der Waals surface area contributed by atoms with E-state index in [1.807, 2.05) is 7.05 Å². The SMILES string of the molecule is CN(Cc1ccc(C(F)(F)F)s1)C1CCNC1. The highest BCUT2D eigenvalue weighted by molar-refractivity contribution is 7.12. The molecule has 2 rings (SSSR count). The summed E-state index contributed by atoms with van der Waals surface area (Å²) in [6.45, 7) is 2.51. The van der Waals surface area contributed by atoms with E-state index in [2.05, 4.69) is 10.2 Å². The Morgan fingerprint density at radius 2 is 2.24 bits per heavy atom. The Bertz CT molecular complexity index is 369. The van der Waals surface area contributed by atoms with Crippen LogP contribution in [0.3, 0.4) is 0 Å². The van der Waals surface area contributed by atoms with Gasteiger partial charge in [-0.3, -0.25) is 4.90 Å². The predicted molar refractivity (Wildman–Crippen MR) is 62.1 cm³/mol. The van der Waals surface area contributed by atoms with Gasteiger partial charge in [0.05, 0.1) is 0 Å². The molecule has 1 aliphatic rings. The van der Waals surface area contributed by atoms with E-state index in [1.165, 1.54) is 6.07 Å². The van der Waals surface area contributed by atoms with Gasteiger partial charge in [0.15, 0.2) is 0 Å². The first-order chi connectivity index (χ1) is 7.97. The number of thiophene rings is 1. The van der Waals surface area contributed by atoms with Crippen molar-refractivity contribution >= 4 is 11.3 Å². The van der Waals surface area contributed by atoms with Crippen molar-refractivity contribution in [2.24, 2.45) is 0 Å². The van der Waals surface area contributed by atoms with Crippen LogP contribution in [0.2, 0.25) is 0 Å². The van der Waals surface area contributed by atoms with Gasteiger partial charge in [-0.05, 0) is 32.1 Å². The van der Waals surface area contributed by atoms with Crippen LogP contribution in [0.25, 0.3) is 0 Å². The van der Waals surface area contributed by atoms with E-state index in [-0.39, 0.29) is 0 Å². The van der Waals surface area contributed by atoms with E-state index in [0.29, 0.717) is 12.6 Å². The number of alkyl halides is 3. The van der Waals surface area contributed by atoms with E-state index in [1.54, 1.807) is 6.07 Å². The average Bonchev–Trinajstić information content (AvgIpc) is 2.85. The third-order valence-electron chi connectivity index (χ3n) is 3.00. The van der Waals surface area contributed by atoms with Crippen LogP contribution < -0.4 is 5.32 Å². The van der Waals surface area contributed by atoms with Crippen molar-refractivity contribution in [3.63, 3.8) is 0 Å². The summed E-state index contributed by atoms with van der Waals surface area (Å²) >= 11 is 0.840. The molecule has 6 heteroatoms. The molecule has 1 aliphatic heterocycles. The highest BCUT2D eigenvalue weighted by Crippen LogP contribution is 2.35. The summed E-state index contributed by atoms with van der Waals surface area (Å²) in [7, 11) is 1.96. The van der Waals surface area contributed by atoms with Crippen LogP contribution in [0.5, 0.6) is 0 Å². The molecule has 0 aliphatic carbocycles. The topological polar surface area (TPSA) is 15.3 Å². The van der Waals surface area contributed by atoms with Gasteiger partial charge in [-0.1, -0.05) is 0 Å². The Kier molecular flexibility index (Phi) is 3.75. The lowest BCUT2D eigenvalue weighted by Gasteiger charge is -2.22. The fourth-order valence-corrected chi connectivity index (χ4v) is 2.94. The first-order valence-corrected chi connectivity index (χ1v) is 6.35. The lowest BCUT2D eigenvalue weighted by atomic mass is 10.2. The van der Waals surface area contributed by atoms with Crippen LogP contribution in [0, 0.1) is 0 Å². The molecule has 1 aromatic heterocycles. The Labute approximate surface area is 102 Å². The maximum absolute atomic E-state index is 12.4. The summed E-state index contributed by atoms with van der Waals surface area (Å²) in [6, 6.07) is 3.18. The summed E-state index contributed by atoms with van der Waals surface area (Å²) in [5.74, 6) is 0. The van der Waals surface area contributed by atoms with Crippen molar-refractivity contribution in [2.75, 3.05) is 20.1 Å². The second-order valence-corrected chi connectivity index (χ2v) is 5.49. The molecule has 1 fully saturated rings. The van der Waals surface area contributed by atoms with Crippen LogP contribution in [-0.4, -0.2) is 31.1 Å². The number of nitrogens with one attached hydrogen (secondary N) is 1. The first-order valence-electron chi connectivity index (χ1n) is 5.53. The normalized spacial score (nSPS) is 21.4. The molecule has 1 N–H and O–H groups in total. The molecule has 0 bridgehead atoms. The number of halogens is 3. The third-order valence-corrected chi connectivity index (χ3v) is 4.12. The van der Waals surface area contributed by atoms with E-state index < -0.39 is 11.1 Å². The predicted octanol–water partition coefficient (Wildman–Crippen LogP) is 2.56.